The molecule has 1 aromatic heterocycles. The normalized spacial score (nSPS) is 14.2. The Balaban J connectivity index is 1.20. The molecular weight excluding hydrogens is 440 g/mol. The molecule has 2 heterocycles. The van der Waals surface area contributed by atoms with E-state index in [1.165, 1.54) is 11.8 Å². The van der Waals surface area contributed by atoms with Gasteiger partial charge in [0.05, 0.1) is 12.9 Å². The van der Waals surface area contributed by atoms with Crippen LogP contribution in [-0.2, 0) is 16.1 Å². The molecule has 0 aliphatic carbocycles. The van der Waals surface area contributed by atoms with Crippen molar-refractivity contribution in [2.75, 3.05) is 26.0 Å². The molecular formula is C24H26N4O4S. The van der Waals surface area contributed by atoms with Gasteiger partial charge >= 0.3 is 0 Å². The van der Waals surface area contributed by atoms with Gasteiger partial charge < -0.3 is 19.4 Å². The molecule has 0 saturated carbocycles. The summed E-state index contributed by atoms with van der Waals surface area (Å²) in [5.41, 5.74) is 1.86. The summed E-state index contributed by atoms with van der Waals surface area (Å²) in [6.07, 6.45) is 1.33. The zero-order valence-electron chi connectivity index (χ0n) is 18.4. The number of hydrogen-bond acceptors (Lipinski definition) is 7. The van der Waals surface area contributed by atoms with E-state index in [-0.39, 0.29) is 23.5 Å². The topological polar surface area (TPSA) is 97.6 Å². The molecule has 33 heavy (non-hydrogen) atoms. The summed E-state index contributed by atoms with van der Waals surface area (Å²) in [5, 5.41) is 11.4. The number of likely N-dealkylation sites (tertiary alicyclic amines) is 1. The first kappa shape index (κ1) is 22.8. The Morgan fingerprint density at radius 2 is 1.82 bits per heavy atom. The van der Waals surface area contributed by atoms with Crippen LogP contribution in [0.25, 0.3) is 11.5 Å². The summed E-state index contributed by atoms with van der Waals surface area (Å²) >= 11 is 1.22. The molecule has 0 bridgehead atoms. The zero-order valence-corrected chi connectivity index (χ0v) is 19.2. The van der Waals surface area contributed by atoms with Gasteiger partial charge in [-0.15, -0.1) is 10.2 Å². The van der Waals surface area contributed by atoms with Crippen LogP contribution in [0.3, 0.4) is 0 Å². The maximum atomic E-state index is 12.6. The van der Waals surface area contributed by atoms with E-state index in [1.54, 1.807) is 12.0 Å². The lowest BCUT2D eigenvalue weighted by Crippen LogP contribution is -2.43. The third-order valence-electron chi connectivity index (χ3n) is 5.59. The quantitative estimate of drug-likeness (QED) is 0.508. The minimum atomic E-state index is -0.0617. The number of hydrogen-bond donors (Lipinski definition) is 1. The summed E-state index contributed by atoms with van der Waals surface area (Å²) in [4.78, 5) is 26.9. The van der Waals surface area contributed by atoms with Crippen molar-refractivity contribution in [3.63, 3.8) is 0 Å². The van der Waals surface area contributed by atoms with Gasteiger partial charge in [-0.05, 0) is 42.7 Å². The highest BCUT2D eigenvalue weighted by molar-refractivity contribution is 7.99. The lowest BCUT2D eigenvalue weighted by Gasteiger charge is -2.31. The number of carbonyl (C=O) groups is 2. The average molecular weight is 467 g/mol. The van der Waals surface area contributed by atoms with E-state index in [4.69, 9.17) is 9.15 Å². The fourth-order valence-corrected chi connectivity index (χ4v) is 4.32. The lowest BCUT2D eigenvalue weighted by atomic mass is 9.96. The summed E-state index contributed by atoms with van der Waals surface area (Å²) in [5.74, 6) is 1.36. The molecule has 8 nitrogen and oxygen atoms in total. The van der Waals surface area contributed by atoms with E-state index < -0.39 is 0 Å². The molecule has 0 unspecified atom stereocenters. The van der Waals surface area contributed by atoms with Crippen LogP contribution in [0.4, 0.5) is 0 Å². The van der Waals surface area contributed by atoms with Gasteiger partial charge in [0.2, 0.25) is 17.7 Å². The zero-order chi connectivity index (χ0) is 23.0. The number of rotatable bonds is 8. The van der Waals surface area contributed by atoms with Crippen molar-refractivity contribution in [1.82, 2.24) is 20.4 Å². The number of amides is 2. The average Bonchev–Trinajstić information content (AvgIpc) is 3.35. The van der Waals surface area contributed by atoms with Gasteiger partial charge in [-0.1, -0.05) is 42.1 Å². The molecule has 172 valence electrons. The fourth-order valence-electron chi connectivity index (χ4n) is 3.65. The first-order chi connectivity index (χ1) is 16.1. The number of carbonyl (C=O) groups excluding carboxylic acids is 2. The Morgan fingerprint density at radius 1 is 1.09 bits per heavy atom. The van der Waals surface area contributed by atoms with Crippen LogP contribution in [0.5, 0.6) is 5.75 Å². The van der Waals surface area contributed by atoms with Crippen LogP contribution >= 0.6 is 11.8 Å². The van der Waals surface area contributed by atoms with Crippen LogP contribution in [0.2, 0.25) is 0 Å². The minimum Gasteiger partial charge on any atom is -0.497 e. The van der Waals surface area contributed by atoms with Gasteiger partial charge in [-0.2, -0.15) is 0 Å². The number of aromatic nitrogens is 2. The number of benzene rings is 2. The van der Waals surface area contributed by atoms with Crippen LogP contribution in [0.15, 0.2) is 64.2 Å². The molecule has 1 aliphatic heterocycles. The minimum absolute atomic E-state index is 0.00680. The monoisotopic (exact) mass is 466 g/mol. The summed E-state index contributed by atoms with van der Waals surface area (Å²) in [6, 6.07) is 17.2. The first-order valence-electron chi connectivity index (χ1n) is 10.8. The molecule has 0 radical (unpaired) electrons. The number of methoxy groups -OCH3 is 1. The Labute approximate surface area is 196 Å². The van der Waals surface area contributed by atoms with Crippen molar-refractivity contribution in [2.24, 2.45) is 5.92 Å². The highest BCUT2D eigenvalue weighted by atomic mass is 32.2. The second-order valence-electron chi connectivity index (χ2n) is 7.75. The van der Waals surface area contributed by atoms with E-state index in [1.807, 2.05) is 54.6 Å². The van der Waals surface area contributed by atoms with Crippen molar-refractivity contribution >= 4 is 23.6 Å². The molecule has 3 aromatic rings. The summed E-state index contributed by atoms with van der Waals surface area (Å²) in [7, 11) is 1.61. The first-order valence-corrected chi connectivity index (χ1v) is 11.8. The highest BCUT2D eigenvalue weighted by Crippen LogP contribution is 2.25. The molecule has 4 rings (SSSR count). The maximum absolute atomic E-state index is 12.6. The van der Waals surface area contributed by atoms with Gasteiger partial charge in [0, 0.05) is 31.1 Å². The molecule has 0 atom stereocenters. The molecule has 2 amide bonds. The van der Waals surface area contributed by atoms with Gasteiger partial charge in [0.15, 0.2) is 0 Å². The Hall–Kier alpha value is -3.33. The van der Waals surface area contributed by atoms with Crippen LogP contribution < -0.4 is 10.1 Å². The Bertz CT molecular complexity index is 1060. The van der Waals surface area contributed by atoms with Crippen molar-refractivity contribution in [3.05, 3.63) is 60.2 Å². The van der Waals surface area contributed by atoms with E-state index in [2.05, 4.69) is 15.5 Å². The Morgan fingerprint density at radius 3 is 2.52 bits per heavy atom. The number of thioether (sulfide) groups is 1. The SMILES string of the molecule is COc1ccc(-c2nnc(SCC(=O)N3CCC(C(=O)NCc4ccccc4)CC3)o2)cc1. The lowest BCUT2D eigenvalue weighted by molar-refractivity contribution is -0.133. The van der Waals surface area contributed by atoms with Gasteiger partial charge in [-0.25, -0.2) is 0 Å². The van der Waals surface area contributed by atoms with Gasteiger partial charge in [-0.3, -0.25) is 9.59 Å². The second kappa shape index (κ2) is 11.0. The Kier molecular flexibility index (Phi) is 7.62. The van der Waals surface area contributed by atoms with Crippen molar-refractivity contribution in [3.8, 4) is 17.2 Å². The van der Waals surface area contributed by atoms with Gasteiger partial charge in [0.25, 0.3) is 5.22 Å². The highest BCUT2D eigenvalue weighted by Gasteiger charge is 2.27. The van der Waals surface area contributed by atoms with E-state index in [0.717, 1.165) is 16.9 Å². The van der Waals surface area contributed by atoms with Crippen molar-refractivity contribution in [2.45, 2.75) is 24.6 Å². The predicted molar refractivity (Wildman–Crippen MR) is 125 cm³/mol. The van der Waals surface area contributed by atoms with E-state index in [9.17, 15) is 9.59 Å². The number of ether oxygens (including phenoxy) is 1. The van der Waals surface area contributed by atoms with E-state index >= 15 is 0 Å². The number of nitrogens with one attached hydrogen (secondary N) is 1. The molecule has 1 fully saturated rings. The summed E-state index contributed by atoms with van der Waals surface area (Å²) < 4.78 is 10.8. The molecule has 1 aliphatic rings. The molecule has 9 heteroatoms. The fraction of sp³-hybridized carbons (Fsp3) is 0.333. The van der Waals surface area contributed by atoms with E-state index in [0.29, 0.717) is 43.6 Å². The molecule has 1 N–H and O–H groups in total. The maximum Gasteiger partial charge on any atom is 0.277 e. The second-order valence-corrected chi connectivity index (χ2v) is 8.68. The largest absolute Gasteiger partial charge is 0.497 e. The molecule has 1 saturated heterocycles. The third-order valence-corrected chi connectivity index (χ3v) is 6.39. The molecule has 0 spiro atoms. The van der Waals surface area contributed by atoms with Crippen LogP contribution in [-0.4, -0.2) is 52.9 Å². The van der Waals surface area contributed by atoms with Crippen LogP contribution in [0, 0.1) is 5.92 Å². The standard InChI is InChI=1S/C24H26N4O4S/c1-31-20-9-7-19(8-10-20)23-26-27-24(32-23)33-16-21(29)28-13-11-18(12-14-28)22(30)25-15-17-5-3-2-4-6-17/h2-10,18H,11-16H2,1H3,(H,25,30). The number of nitrogens with zero attached hydrogens (tertiary/aromatic N) is 3. The number of piperidine rings is 1. The van der Waals surface area contributed by atoms with Crippen molar-refractivity contribution < 1.29 is 18.7 Å². The molecule has 2 aromatic carbocycles. The summed E-state index contributed by atoms with van der Waals surface area (Å²) in [6.45, 7) is 1.67. The van der Waals surface area contributed by atoms with Gasteiger partial charge in [0.1, 0.15) is 5.75 Å². The predicted octanol–water partition coefficient (Wildman–Crippen LogP) is 3.39. The van der Waals surface area contributed by atoms with Crippen molar-refractivity contribution in [1.29, 1.82) is 0 Å². The van der Waals surface area contributed by atoms with Crippen LogP contribution in [0.1, 0.15) is 18.4 Å². The third kappa shape index (κ3) is 6.13. The smallest absolute Gasteiger partial charge is 0.277 e.